The molecule has 31 heavy (non-hydrogen) atoms. The summed E-state index contributed by atoms with van der Waals surface area (Å²) >= 11 is 6.86. The second-order valence-electron chi connectivity index (χ2n) is 6.21. The van der Waals surface area contributed by atoms with Crippen LogP contribution in [0.15, 0.2) is 50.0 Å². The standard InChI is InChI=1S/C17H10ClF3N6O3S/c18-11-10(23-14(29)25-13(11)28)6-31-15-24-12-9(5-22-27(12)16(30)26-15)7-1-3-8(4-2-7)17(19,20)21/h1-5H,6H2,(H,24,26,30)(H2,23,25,28,29). The molecule has 0 atom stereocenters. The first-order chi connectivity index (χ1) is 14.6. The summed E-state index contributed by atoms with van der Waals surface area (Å²) in [6, 6.07) is 4.37. The number of nitrogens with one attached hydrogen (secondary N) is 3. The summed E-state index contributed by atoms with van der Waals surface area (Å²) in [5.74, 6) is 0.0147. The van der Waals surface area contributed by atoms with Gasteiger partial charge < -0.3 is 4.98 Å². The van der Waals surface area contributed by atoms with Crippen molar-refractivity contribution in [3.05, 3.63) is 78.1 Å². The van der Waals surface area contributed by atoms with Crippen LogP contribution in [0.1, 0.15) is 11.3 Å². The number of fused-ring (bicyclic) bond motifs is 1. The molecular formula is C17H10ClF3N6O3S. The fraction of sp³-hybridized carbons (Fsp3) is 0.118. The van der Waals surface area contributed by atoms with Gasteiger partial charge in [-0.25, -0.2) is 14.6 Å². The second kappa shape index (κ2) is 7.74. The second-order valence-corrected chi connectivity index (χ2v) is 7.55. The van der Waals surface area contributed by atoms with Crippen molar-refractivity contribution < 1.29 is 13.2 Å². The van der Waals surface area contributed by atoms with Gasteiger partial charge in [0.15, 0.2) is 10.8 Å². The fourth-order valence-electron chi connectivity index (χ4n) is 2.74. The van der Waals surface area contributed by atoms with Gasteiger partial charge in [0.25, 0.3) is 5.56 Å². The van der Waals surface area contributed by atoms with E-state index in [-0.39, 0.29) is 27.3 Å². The van der Waals surface area contributed by atoms with Gasteiger partial charge in [-0.15, -0.1) is 0 Å². The maximum absolute atomic E-state index is 12.8. The van der Waals surface area contributed by atoms with E-state index in [1.54, 1.807) is 0 Å². The molecule has 4 rings (SSSR count). The predicted octanol–water partition coefficient (Wildman–Crippen LogP) is 2.43. The molecule has 0 spiro atoms. The maximum atomic E-state index is 12.8. The molecule has 0 bridgehead atoms. The molecule has 0 aliphatic carbocycles. The summed E-state index contributed by atoms with van der Waals surface area (Å²) in [5.41, 5.74) is -1.92. The van der Waals surface area contributed by atoms with E-state index in [9.17, 15) is 27.6 Å². The highest BCUT2D eigenvalue weighted by atomic mass is 35.5. The SMILES string of the molecule is O=c1[nH]c(CSc2nc3c(-c4ccc(C(F)(F)F)cc4)cnn3c(=O)[nH]2)c(Cl)c(=O)[nH]1. The molecule has 1 aromatic carbocycles. The number of hydrogen-bond acceptors (Lipinski definition) is 6. The van der Waals surface area contributed by atoms with Crippen LogP contribution in [0.4, 0.5) is 13.2 Å². The van der Waals surface area contributed by atoms with E-state index >= 15 is 0 Å². The lowest BCUT2D eigenvalue weighted by atomic mass is 10.1. The molecule has 0 aliphatic rings. The number of alkyl halides is 3. The van der Waals surface area contributed by atoms with Gasteiger partial charge in [0, 0.05) is 11.3 Å². The lowest BCUT2D eigenvalue weighted by Gasteiger charge is -2.07. The molecule has 0 saturated heterocycles. The Labute approximate surface area is 178 Å². The third kappa shape index (κ3) is 4.14. The van der Waals surface area contributed by atoms with Gasteiger partial charge in [0.1, 0.15) is 5.02 Å². The van der Waals surface area contributed by atoms with E-state index in [1.165, 1.54) is 18.3 Å². The number of hydrogen-bond donors (Lipinski definition) is 3. The first-order valence-electron chi connectivity index (χ1n) is 8.43. The van der Waals surface area contributed by atoms with Gasteiger partial charge in [0.05, 0.1) is 17.5 Å². The molecule has 0 aliphatic heterocycles. The van der Waals surface area contributed by atoms with Crippen LogP contribution in [0.5, 0.6) is 0 Å². The summed E-state index contributed by atoms with van der Waals surface area (Å²) in [6.07, 6.45) is -3.15. The van der Waals surface area contributed by atoms with E-state index in [1.807, 2.05) is 4.98 Å². The van der Waals surface area contributed by atoms with Crippen molar-refractivity contribution in [3.8, 4) is 11.1 Å². The zero-order chi connectivity index (χ0) is 22.3. The summed E-state index contributed by atoms with van der Waals surface area (Å²) < 4.78 is 39.4. The van der Waals surface area contributed by atoms with Gasteiger partial charge in [-0.2, -0.15) is 22.8 Å². The number of H-pyrrole nitrogens is 3. The van der Waals surface area contributed by atoms with E-state index < -0.39 is 28.7 Å². The lowest BCUT2D eigenvalue weighted by Crippen LogP contribution is -2.24. The molecule has 0 saturated carbocycles. The van der Waals surface area contributed by atoms with Crippen LogP contribution in [-0.4, -0.2) is 29.5 Å². The van der Waals surface area contributed by atoms with Gasteiger partial charge in [0.2, 0.25) is 0 Å². The van der Waals surface area contributed by atoms with Crippen molar-refractivity contribution >= 4 is 29.0 Å². The van der Waals surface area contributed by atoms with Crippen molar-refractivity contribution in [1.29, 1.82) is 0 Å². The molecule has 0 fully saturated rings. The number of benzene rings is 1. The Balaban J connectivity index is 1.69. The van der Waals surface area contributed by atoms with E-state index in [0.29, 0.717) is 11.1 Å². The highest BCUT2D eigenvalue weighted by molar-refractivity contribution is 7.98. The molecule has 0 radical (unpaired) electrons. The molecule has 3 N–H and O–H groups in total. The zero-order valence-corrected chi connectivity index (χ0v) is 16.7. The number of thioether (sulfide) groups is 1. The summed E-state index contributed by atoms with van der Waals surface area (Å²) in [7, 11) is 0. The van der Waals surface area contributed by atoms with E-state index in [4.69, 9.17) is 11.6 Å². The molecule has 160 valence electrons. The van der Waals surface area contributed by atoms with Crippen LogP contribution in [0.2, 0.25) is 5.02 Å². The van der Waals surface area contributed by atoms with Gasteiger partial charge in [-0.05, 0) is 17.7 Å². The zero-order valence-electron chi connectivity index (χ0n) is 15.1. The number of halogens is 4. The van der Waals surface area contributed by atoms with Gasteiger partial charge in [-0.1, -0.05) is 35.5 Å². The maximum Gasteiger partial charge on any atom is 0.416 e. The summed E-state index contributed by atoms with van der Waals surface area (Å²) in [6.45, 7) is 0. The molecule has 0 amide bonds. The average Bonchev–Trinajstić information content (AvgIpc) is 3.13. The lowest BCUT2D eigenvalue weighted by molar-refractivity contribution is -0.137. The molecule has 9 nitrogen and oxygen atoms in total. The monoisotopic (exact) mass is 470 g/mol. The van der Waals surface area contributed by atoms with E-state index in [2.05, 4.69) is 20.1 Å². The van der Waals surface area contributed by atoms with Crippen molar-refractivity contribution in [1.82, 2.24) is 29.5 Å². The molecule has 3 aromatic heterocycles. The minimum atomic E-state index is -4.47. The Bertz CT molecular complexity index is 1460. The molecule has 3 heterocycles. The van der Waals surface area contributed by atoms with Crippen molar-refractivity contribution in [2.75, 3.05) is 0 Å². The number of nitrogens with zero attached hydrogens (tertiary/aromatic N) is 3. The van der Waals surface area contributed by atoms with Crippen molar-refractivity contribution in [2.45, 2.75) is 17.1 Å². The number of aromatic amines is 3. The smallest absolute Gasteiger partial charge is 0.309 e. The Morgan fingerprint density at radius 3 is 2.45 bits per heavy atom. The Kier molecular flexibility index (Phi) is 5.23. The molecule has 0 unspecified atom stereocenters. The fourth-order valence-corrected chi connectivity index (χ4v) is 3.78. The quantitative estimate of drug-likeness (QED) is 0.393. The van der Waals surface area contributed by atoms with Crippen LogP contribution in [0.25, 0.3) is 16.8 Å². The highest BCUT2D eigenvalue weighted by Crippen LogP contribution is 2.32. The van der Waals surface area contributed by atoms with Crippen molar-refractivity contribution in [2.24, 2.45) is 0 Å². The van der Waals surface area contributed by atoms with Crippen LogP contribution >= 0.6 is 23.4 Å². The van der Waals surface area contributed by atoms with Crippen LogP contribution in [0, 0.1) is 0 Å². The third-order valence-electron chi connectivity index (χ3n) is 4.19. The normalized spacial score (nSPS) is 11.9. The summed E-state index contributed by atoms with van der Waals surface area (Å²) in [4.78, 5) is 46.5. The number of rotatable bonds is 4. The molecular weight excluding hydrogens is 461 g/mol. The Hall–Kier alpha value is -3.32. The topological polar surface area (TPSA) is 129 Å². The minimum absolute atomic E-state index is 0.0147. The first kappa shape index (κ1) is 20.9. The highest BCUT2D eigenvalue weighted by Gasteiger charge is 2.30. The largest absolute Gasteiger partial charge is 0.416 e. The first-order valence-corrected chi connectivity index (χ1v) is 9.79. The predicted molar refractivity (Wildman–Crippen MR) is 106 cm³/mol. The van der Waals surface area contributed by atoms with Gasteiger partial charge >= 0.3 is 17.6 Å². The Morgan fingerprint density at radius 2 is 1.77 bits per heavy atom. The molecule has 4 aromatic rings. The summed E-state index contributed by atoms with van der Waals surface area (Å²) in [5, 5.41) is 3.85. The molecule has 14 heteroatoms. The Morgan fingerprint density at radius 1 is 1.06 bits per heavy atom. The van der Waals surface area contributed by atoms with Crippen molar-refractivity contribution in [3.63, 3.8) is 0 Å². The average molecular weight is 471 g/mol. The third-order valence-corrected chi connectivity index (χ3v) is 5.49. The van der Waals surface area contributed by atoms with Crippen LogP contribution in [0.3, 0.4) is 0 Å². The minimum Gasteiger partial charge on any atom is -0.309 e. The van der Waals surface area contributed by atoms with Crippen LogP contribution < -0.4 is 16.9 Å². The number of aromatic nitrogens is 6. The van der Waals surface area contributed by atoms with Crippen LogP contribution in [-0.2, 0) is 11.9 Å². The van der Waals surface area contributed by atoms with Gasteiger partial charge in [-0.3, -0.25) is 14.8 Å². The van der Waals surface area contributed by atoms with E-state index in [0.717, 1.165) is 28.4 Å².